The first-order valence-electron chi connectivity index (χ1n) is 15.0. The highest BCUT2D eigenvalue weighted by molar-refractivity contribution is 5.89. The molecule has 1 aliphatic heterocycles. The molecule has 1 heterocycles. The van der Waals surface area contributed by atoms with Crippen LogP contribution in [0.15, 0.2) is 36.7 Å². The number of methoxy groups -OCH3 is 1. The maximum atomic E-state index is 12.4. The Balaban J connectivity index is 1.43. The molecule has 0 aliphatic carbocycles. The van der Waals surface area contributed by atoms with E-state index in [9.17, 15) is 4.79 Å². The number of hydrogen-bond acceptors (Lipinski definition) is 6. The van der Waals surface area contributed by atoms with Crippen LogP contribution in [0, 0.1) is 6.67 Å². The average Bonchev–Trinajstić information content (AvgIpc) is 3.34. The summed E-state index contributed by atoms with van der Waals surface area (Å²) in [5.41, 5.74) is 1.68. The van der Waals surface area contributed by atoms with E-state index in [0.29, 0.717) is 12.2 Å². The fourth-order valence-electron chi connectivity index (χ4n) is 4.60. The van der Waals surface area contributed by atoms with Gasteiger partial charge >= 0.3 is 5.97 Å². The van der Waals surface area contributed by atoms with E-state index in [2.05, 4.69) is 11.8 Å². The Morgan fingerprint density at radius 2 is 1.37 bits per heavy atom. The molecule has 0 spiro atoms. The largest absolute Gasteiger partial charge is 0.459 e. The fourth-order valence-corrected chi connectivity index (χ4v) is 4.60. The van der Waals surface area contributed by atoms with E-state index in [1.165, 1.54) is 83.5 Å². The van der Waals surface area contributed by atoms with Gasteiger partial charge in [-0.2, -0.15) is 0 Å². The summed E-state index contributed by atoms with van der Waals surface area (Å²) in [4.78, 5) is 16.5. The van der Waals surface area contributed by atoms with Crippen molar-refractivity contribution in [2.75, 3.05) is 34.0 Å². The molecule has 6 nitrogen and oxygen atoms in total. The van der Waals surface area contributed by atoms with Crippen LogP contribution in [0.5, 0.6) is 0 Å². The Kier molecular flexibility index (Phi) is 17.7. The van der Waals surface area contributed by atoms with Gasteiger partial charge in [-0.15, -0.1) is 0 Å². The average molecular weight is 530 g/mol. The topological polar surface area (TPSA) is 51.2 Å². The smallest absolute Gasteiger partial charge is 0.338 e. The lowest BCUT2D eigenvalue weighted by atomic mass is 10.0. The molecule has 1 unspecified atom stereocenters. The molecule has 0 amide bonds. The number of hydrogen-bond donors (Lipinski definition) is 0. The minimum atomic E-state index is -0.335. The van der Waals surface area contributed by atoms with Crippen LogP contribution >= 0.6 is 0 Å². The Morgan fingerprint density at radius 3 is 1.89 bits per heavy atom. The molecule has 0 fully saturated rings. The molecule has 1 aliphatic rings. The predicted molar refractivity (Wildman–Crippen MR) is 155 cm³/mol. The minimum absolute atomic E-state index is 0.190. The van der Waals surface area contributed by atoms with Gasteiger partial charge in [0.05, 0.1) is 12.2 Å². The highest BCUT2D eigenvalue weighted by atomic mass is 16.6. The Bertz CT molecular complexity index is 752. The van der Waals surface area contributed by atoms with Gasteiger partial charge in [-0.3, -0.25) is 0 Å². The number of carbonyl (C=O) groups is 1. The van der Waals surface area contributed by atoms with Gasteiger partial charge in [0, 0.05) is 39.7 Å². The zero-order chi connectivity index (χ0) is 27.3. The van der Waals surface area contributed by atoms with E-state index in [0.717, 1.165) is 25.1 Å². The van der Waals surface area contributed by atoms with Gasteiger partial charge < -0.3 is 24.0 Å². The molecule has 1 atom stereocenters. The normalized spacial score (nSPS) is 13.9. The zero-order valence-electron chi connectivity index (χ0n) is 24.4. The molecule has 0 saturated heterocycles. The molecule has 1 radical (unpaired) electrons. The van der Waals surface area contributed by atoms with Gasteiger partial charge in [0.15, 0.2) is 0 Å². The summed E-state index contributed by atoms with van der Waals surface area (Å²) in [7, 11) is 3.62. The van der Waals surface area contributed by atoms with E-state index >= 15 is 0 Å². The van der Waals surface area contributed by atoms with Gasteiger partial charge in [0.25, 0.3) is 0 Å². The lowest BCUT2D eigenvalue weighted by Crippen LogP contribution is -2.26. The van der Waals surface area contributed by atoms with Gasteiger partial charge in [-0.1, -0.05) is 103 Å². The van der Waals surface area contributed by atoms with Crippen molar-refractivity contribution in [3.8, 4) is 0 Å². The van der Waals surface area contributed by atoms with Crippen molar-refractivity contribution in [2.45, 2.75) is 109 Å². The number of rotatable bonds is 23. The second-order valence-electron chi connectivity index (χ2n) is 10.6. The van der Waals surface area contributed by atoms with E-state index in [1.807, 2.05) is 55.3 Å². The van der Waals surface area contributed by atoms with Crippen LogP contribution in [-0.2, 0) is 20.8 Å². The number of ether oxygens (including phenoxy) is 3. The van der Waals surface area contributed by atoms with Crippen LogP contribution in [0.1, 0.15) is 113 Å². The Hall–Kier alpha value is -2.05. The number of unbranched alkanes of at least 4 members (excludes halogenated alkanes) is 13. The van der Waals surface area contributed by atoms with Gasteiger partial charge in [-0.25, -0.2) is 4.79 Å². The second kappa shape index (κ2) is 20.9. The molecule has 0 N–H and O–H groups in total. The Morgan fingerprint density at radius 1 is 0.789 bits per heavy atom. The molecule has 1 aromatic carbocycles. The van der Waals surface area contributed by atoms with Crippen LogP contribution in [-0.4, -0.2) is 55.9 Å². The predicted octanol–water partition coefficient (Wildman–Crippen LogP) is 7.69. The van der Waals surface area contributed by atoms with E-state index in [-0.39, 0.29) is 18.7 Å². The molecule has 0 aromatic heterocycles. The maximum Gasteiger partial charge on any atom is 0.338 e. The summed E-state index contributed by atoms with van der Waals surface area (Å²) >= 11 is 0. The molecule has 1 aromatic rings. The third-order valence-corrected chi connectivity index (χ3v) is 7.06. The first-order chi connectivity index (χ1) is 18.6. The van der Waals surface area contributed by atoms with Gasteiger partial charge in [0.2, 0.25) is 0 Å². The van der Waals surface area contributed by atoms with Crippen molar-refractivity contribution in [1.29, 1.82) is 0 Å². The SMILES string of the molecule is CCCCCCCCCCCCCCCCOCC(COC(=O)c1ccc(CN2[CH]N(C)C=C2)cc1)OC. The van der Waals surface area contributed by atoms with E-state index in [4.69, 9.17) is 14.2 Å². The first-order valence-corrected chi connectivity index (χ1v) is 15.0. The number of nitrogens with zero attached hydrogens (tertiary/aromatic N) is 2. The van der Waals surface area contributed by atoms with Gasteiger partial charge in [-0.05, 0) is 24.1 Å². The Labute approximate surface area is 232 Å². The molecule has 215 valence electrons. The molecule has 0 saturated carbocycles. The highest BCUT2D eigenvalue weighted by Crippen LogP contribution is 2.15. The van der Waals surface area contributed by atoms with Crippen molar-refractivity contribution >= 4 is 5.97 Å². The highest BCUT2D eigenvalue weighted by Gasteiger charge is 2.14. The summed E-state index contributed by atoms with van der Waals surface area (Å²) in [5, 5.41) is 0. The molecular formula is C32H53N2O4. The minimum Gasteiger partial charge on any atom is -0.459 e. The number of benzene rings is 1. The second-order valence-corrected chi connectivity index (χ2v) is 10.6. The lowest BCUT2D eigenvalue weighted by molar-refractivity contribution is -0.0314. The van der Waals surface area contributed by atoms with E-state index < -0.39 is 0 Å². The number of carbonyl (C=O) groups excluding carboxylic acids is 1. The number of esters is 1. The van der Waals surface area contributed by atoms with Crippen LogP contribution in [0.25, 0.3) is 0 Å². The maximum absolute atomic E-state index is 12.4. The molecule has 38 heavy (non-hydrogen) atoms. The third kappa shape index (κ3) is 14.8. The third-order valence-electron chi connectivity index (χ3n) is 7.06. The van der Waals surface area contributed by atoms with Crippen LogP contribution in [0.3, 0.4) is 0 Å². The van der Waals surface area contributed by atoms with E-state index in [1.54, 1.807) is 7.11 Å². The summed E-state index contributed by atoms with van der Waals surface area (Å²) in [6.45, 7) is 6.42. The van der Waals surface area contributed by atoms with Crippen LogP contribution in [0.2, 0.25) is 0 Å². The van der Waals surface area contributed by atoms with Crippen LogP contribution < -0.4 is 0 Å². The standard InChI is InChI=1S/C32H53N2O4/c1-4-5-6-7-8-9-10-11-12-13-14-15-16-17-24-37-26-31(36-3)27-38-32(35)30-20-18-29(19-21-30)25-34-23-22-33(2)28-34/h18-23,28,31H,4-17,24-27H2,1-3H3. The molecule has 6 heteroatoms. The monoisotopic (exact) mass is 529 g/mol. The fraction of sp³-hybridized carbons (Fsp3) is 0.688. The molecule has 0 bridgehead atoms. The van der Waals surface area contributed by atoms with Crippen LogP contribution in [0.4, 0.5) is 0 Å². The first kappa shape index (κ1) is 32.2. The summed E-state index contributed by atoms with van der Waals surface area (Å²) in [5.74, 6) is -0.335. The van der Waals surface area contributed by atoms with Crippen molar-refractivity contribution in [3.05, 3.63) is 54.5 Å². The van der Waals surface area contributed by atoms with Crippen molar-refractivity contribution in [2.24, 2.45) is 0 Å². The summed E-state index contributed by atoms with van der Waals surface area (Å²) < 4.78 is 16.7. The van der Waals surface area contributed by atoms with Crippen molar-refractivity contribution in [3.63, 3.8) is 0 Å². The molecule has 2 rings (SSSR count). The summed E-state index contributed by atoms with van der Waals surface area (Å²) in [6.07, 6.45) is 22.7. The van der Waals surface area contributed by atoms with Gasteiger partial charge in [0.1, 0.15) is 19.4 Å². The zero-order valence-corrected chi connectivity index (χ0v) is 24.4. The van der Waals surface area contributed by atoms with Crippen molar-refractivity contribution < 1.29 is 19.0 Å². The lowest BCUT2D eigenvalue weighted by Gasteiger charge is -2.17. The van der Waals surface area contributed by atoms with Crippen molar-refractivity contribution in [1.82, 2.24) is 9.80 Å². The molecular weight excluding hydrogens is 476 g/mol. The summed E-state index contributed by atoms with van der Waals surface area (Å²) in [6, 6.07) is 7.55. The quantitative estimate of drug-likeness (QED) is 0.107.